The molecule has 32 heavy (non-hydrogen) atoms. The Balaban J connectivity index is 1.70. The molecule has 0 saturated heterocycles. The van der Waals surface area contributed by atoms with Crippen molar-refractivity contribution in [3.05, 3.63) is 78.4 Å². The standard InChI is InChI=1S/C26H33N3O3/c1-4-18-29(2)25(31)28-21-14-16-26(17-15-21,20-10-6-5-7-11-20)19-27-24(30)22-12-8-9-13-23(22)32-3/h4-13,21H,1,14-19H2,2-3H3,(H,27,30)(H,28,31). The van der Waals surface area contributed by atoms with Gasteiger partial charge >= 0.3 is 6.03 Å². The molecule has 1 fully saturated rings. The van der Waals surface area contributed by atoms with Gasteiger partial charge in [-0.2, -0.15) is 0 Å². The zero-order valence-electron chi connectivity index (χ0n) is 19.0. The first kappa shape index (κ1) is 23.4. The molecule has 1 aliphatic rings. The van der Waals surface area contributed by atoms with Crippen LogP contribution in [0.15, 0.2) is 67.3 Å². The van der Waals surface area contributed by atoms with Gasteiger partial charge in [0, 0.05) is 31.6 Å². The van der Waals surface area contributed by atoms with Crippen LogP contribution in [0, 0.1) is 0 Å². The van der Waals surface area contributed by atoms with Gasteiger partial charge in [-0.05, 0) is 43.4 Å². The van der Waals surface area contributed by atoms with Crippen molar-refractivity contribution in [2.45, 2.75) is 37.1 Å². The van der Waals surface area contributed by atoms with Crippen molar-refractivity contribution in [2.75, 3.05) is 27.2 Å². The Morgan fingerprint density at radius 2 is 1.78 bits per heavy atom. The molecule has 0 aromatic heterocycles. The van der Waals surface area contributed by atoms with E-state index in [0.717, 1.165) is 25.7 Å². The van der Waals surface area contributed by atoms with E-state index in [9.17, 15) is 9.59 Å². The summed E-state index contributed by atoms with van der Waals surface area (Å²) in [4.78, 5) is 26.9. The van der Waals surface area contributed by atoms with E-state index in [4.69, 9.17) is 4.74 Å². The van der Waals surface area contributed by atoms with Crippen LogP contribution in [0.3, 0.4) is 0 Å². The first-order valence-electron chi connectivity index (χ1n) is 11.1. The minimum atomic E-state index is -0.173. The summed E-state index contributed by atoms with van der Waals surface area (Å²) in [5.74, 6) is 0.424. The van der Waals surface area contributed by atoms with E-state index >= 15 is 0 Å². The van der Waals surface area contributed by atoms with Crippen LogP contribution >= 0.6 is 0 Å². The number of methoxy groups -OCH3 is 1. The van der Waals surface area contributed by atoms with E-state index in [1.807, 2.05) is 30.3 Å². The highest BCUT2D eigenvalue weighted by Crippen LogP contribution is 2.39. The summed E-state index contributed by atoms with van der Waals surface area (Å²) in [6, 6.07) is 17.6. The van der Waals surface area contributed by atoms with Crippen LogP contribution in [0.25, 0.3) is 0 Å². The Morgan fingerprint density at radius 1 is 1.12 bits per heavy atom. The van der Waals surface area contributed by atoms with Crippen molar-refractivity contribution in [3.63, 3.8) is 0 Å². The lowest BCUT2D eigenvalue weighted by atomic mass is 9.68. The third kappa shape index (κ3) is 5.49. The number of para-hydroxylation sites is 1. The van der Waals surface area contributed by atoms with E-state index < -0.39 is 0 Å². The number of benzene rings is 2. The second kappa shape index (κ2) is 10.8. The number of nitrogens with one attached hydrogen (secondary N) is 2. The molecule has 1 aliphatic carbocycles. The normalized spacial score (nSPS) is 20.1. The van der Waals surface area contributed by atoms with Gasteiger partial charge in [0.25, 0.3) is 5.91 Å². The van der Waals surface area contributed by atoms with E-state index in [2.05, 4.69) is 29.3 Å². The average molecular weight is 436 g/mol. The summed E-state index contributed by atoms with van der Waals surface area (Å²) in [6.07, 6.45) is 5.17. The van der Waals surface area contributed by atoms with Crippen molar-refractivity contribution in [3.8, 4) is 5.75 Å². The van der Waals surface area contributed by atoms with Gasteiger partial charge in [0.1, 0.15) is 5.75 Å². The molecule has 0 radical (unpaired) electrons. The van der Waals surface area contributed by atoms with E-state index in [-0.39, 0.29) is 23.4 Å². The van der Waals surface area contributed by atoms with Gasteiger partial charge in [0.05, 0.1) is 12.7 Å². The quantitative estimate of drug-likeness (QED) is 0.613. The fourth-order valence-corrected chi connectivity index (χ4v) is 4.41. The maximum Gasteiger partial charge on any atom is 0.317 e. The van der Waals surface area contributed by atoms with E-state index in [0.29, 0.717) is 24.4 Å². The van der Waals surface area contributed by atoms with Crippen LogP contribution in [-0.4, -0.2) is 50.1 Å². The molecule has 3 amide bonds. The molecule has 0 bridgehead atoms. The Labute approximate surface area is 190 Å². The first-order valence-corrected chi connectivity index (χ1v) is 11.1. The van der Waals surface area contributed by atoms with Gasteiger partial charge in [-0.15, -0.1) is 6.58 Å². The number of carbonyl (C=O) groups is 2. The highest BCUT2D eigenvalue weighted by atomic mass is 16.5. The van der Waals surface area contributed by atoms with Crippen LogP contribution < -0.4 is 15.4 Å². The number of amides is 3. The third-order valence-electron chi connectivity index (χ3n) is 6.35. The Morgan fingerprint density at radius 3 is 2.44 bits per heavy atom. The predicted octanol–water partition coefficient (Wildman–Crippen LogP) is 4.13. The summed E-state index contributed by atoms with van der Waals surface area (Å²) in [7, 11) is 3.33. The van der Waals surface area contributed by atoms with Crippen LogP contribution in [0.4, 0.5) is 4.79 Å². The highest BCUT2D eigenvalue weighted by Gasteiger charge is 2.38. The molecule has 6 nitrogen and oxygen atoms in total. The minimum absolute atomic E-state index is 0.0772. The molecule has 170 valence electrons. The molecular weight excluding hydrogens is 402 g/mol. The largest absolute Gasteiger partial charge is 0.496 e. The van der Waals surface area contributed by atoms with Crippen LogP contribution in [-0.2, 0) is 5.41 Å². The lowest BCUT2D eigenvalue weighted by molar-refractivity contribution is 0.0931. The van der Waals surface area contributed by atoms with Crippen molar-refractivity contribution in [1.82, 2.24) is 15.5 Å². The SMILES string of the molecule is C=CCN(C)C(=O)NC1CCC(CNC(=O)c2ccccc2OC)(c2ccccc2)CC1. The zero-order valence-corrected chi connectivity index (χ0v) is 19.0. The maximum absolute atomic E-state index is 12.9. The van der Waals surface area contributed by atoms with Gasteiger partial charge in [-0.25, -0.2) is 4.79 Å². The van der Waals surface area contributed by atoms with Crippen molar-refractivity contribution in [2.24, 2.45) is 0 Å². The number of likely N-dealkylation sites (N-methyl/N-ethyl adjacent to an activating group) is 1. The molecule has 2 aromatic rings. The monoisotopic (exact) mass is 435 g/mol. The molecule has 6 heteroatoms. The predicted molar refractivity (Wildman–Crippen MR) is 127 cm³/mol. The molecule has 0 unspecified atom stereocenters. The number of hydrogen-bond acceptors (Lipinski definition) is 3. The van der Waals surface area contributed by atoms with Crippen molar-refractivity contribution < 1.29 is 14.3 Å². The first-order chi connectivity index (χ1) is 15.5. The molecule has 2 aromatic carbocycles. The van der Waals surface area contributed by atoms with Crippen LogP contribution in [0.1, 0.15) is 41.6 Å². The Bertz CT molecular complexity index is 921. The summed E-state index contributed by atoms with van der Waals surface area (Å²) in [5.41, 5.74) is 1.57. The number of carbonyl (C=O) groups excluding carboxylic acids is 2. The number of nitrogens with zero attached hydrogens (tertiary/aromatic N) is 1. The minimum Gasteiger partial charge on any atom is -0.496 e. The smallest absolute Gasteiger partial charge is 0.317 e. The molecule has 1 saturated carbocycles. The highest BCUT2D eigenvalue weighted by molar-refractivity contribution is 5.97. The summed E-state index contributed by atoms with van der Waals surface area (Å²) >= 11 is 0. The zero-order chi connectivity index (χ0) is 23.0. The topological polar surface area (TPSA) is 70.7 Å². The molecule has 0 heterocycles. The van der Waals surface area contributed by atoms with Gasteiger partial charge in [-0.1, -0.05) is 48.5 Å². The van der Waals surface area contributed by atoms with Crippen LogP contribution in [0.5, 0.6) is 5.75 Å². The summed E-state index contributed by atoms with van der Waals surface area (Å²) in [6.45, 7) is 4.73. The summed E-state index contributed by atoms with van der Waals surface area (Å²) < 4.78 is 5.34. The number of hydrogen-bond donors (Lipinski definition) is 2. The lowest BCUT2D eigenvalue weighted by Gasteiger charge is -2.41. The number of rotatable bonds is 8. The Kier molecular flexibility index (Phi) is 7.92. The summed E-state index contributed by atoms with van der Waals surface area (Å²) in [5, 5.41) is 6.28. The fourth-order valence-electron chi connectivity index (χ4n) is 4.41. The average Bonchev–Trinajstić information content (AvgIpc) is 2.84. The molecule has 0 aliphatic heterocycles. The second-order valence-electron chi connectivity index (χ2n) is 8.42. The molecule has 2 N–H and O–H groups in total. The molecule has 0 atom stereocenters. The fraction of sp³-hybridized carbons (Fsp3) is 0.385. The molecule has 0 spiro atoms. The third-order valence-corrected chi connectivity index (χ3v) is 6.35. The maximum atomic E-state index is 12.9. The van der Waals surface area contributed by atoms with Gasteiger partial charge in [0.2, 0.25) is 0 Å². The Hall–Kier alpha value is -3.28. The number of ether oxygens (including phenoxy) is 1. The lowest BCUT2D eigenvalue weighted by Crippen LogP contribution is -2.49. The van der Waals surface area contributed by atoms with Crippen LogP contribution in [0.2, 0.25) is 0 Å². The van der Waals surface area contributed by atoms with Gasteiger partial charge < -0.3 is 20.3 Å². The van der Waals surface area contributed by atoms with Gasteiger partial charge in [-0.3, -0.25) is 4.79 Å². The van der Waals surface area contributed by atoms with E-state index in [1.54, 1.807) is 37.3 Å². The molecule has 3 rings (SSSR count). The van der Waals surface area contributed by atoms with E-state index in [1.165, 1.54) is 5.56 Å². The number of urea groups is 1. The van der Waals surface area contributed by atoms with Gasteiger partial charge in [0.15, 0.2) is 0 Å². The second-order valence-corrected chi connectivity index (χ2v) is 8.42. The molecular formula is C26H33N3O3. The van der Waals surface area contributed by atoms with Crippen molar-refractivity contribution in [1.29, 1.82) is 0 Å². The van der Waals surface area contributed by atoms with Crippen molar-refractivity contribution >= 4 is 11.9 Å².